The highest BCUT2D eigenvalue weighted by Crippen LogP contribution is 2.49. The predicted molar refractivity (Wildman–Crippen MR) is 119 cm³/mol. The average Bonchev–Trinajstić information content (AvgIpc) is 3.05. The minimum absolute atomic E-state index is 0.0449. The van der Waals surface area contributed by atoms with Gasteiger partial charge in [0.05, 0.1) is 11.8 Å². The molecule has 0 amide bonds. The van der Waals surface area contributed by atoms with Crippen molar-refractivity contribution in [3.05, 3.63) is 28.1 Å². The van der Waals surface area contributed by atoms with Crippen LogP contribution in [0.4, 0.5) is 0 Å². The SMILES string of the molecule is Cc1c(C=O)c(C2CCCC2)nc2c1[C@@H](O[Si](C)(C)C(C)(C)C)CC(C)(C)C2. The Morgan fingerprint density at radius 3 is 2.32 bits per heavy atom. The number of carbonyl (C=O) groups excluding carboxylic acids is 1. The number of hydrogen-bond acceptors (Lipinski definition) is 3. The Kier molecular flexibility index (Phi) is 5.70. The van der Waals surface area contributed by atoms with Crippen molar-refractivity contribution in [1.82, 2.24) is 4.98 Å². The van der Waals surface area contributed by atoms with Crippen LogP contribution in [0.1, 0.15) is 112 Å². The molecule has 0 radical (unpaired) electrons. The molecule has 1 fully saturated rings. The van der Waals surface area contributed by atoms with E-state index in [4.69, 9.17) is 9.41 Å². The van der Waals surface area contributed by atoms with Crippen LogP contribution in [-0.2, 0) is 10.8 Å². The second kappa shape index (κ2) is 7.35. The van der Waals surface area contributed by atoms with Crippen LogP contribution >= 0.6 is 0 Å². The number of aldehydes is 1. The highest BCUT2D eigenvalue weighted by atomic mass is 28.4. The van der Waals surface area contributed by atoms with E-state index >= 15 is 0 Å². The van der Waals surface area contributed by atoms with Crippen molar-refractivity contribution in [3.8, 4) is 0 Å². The molecule has 0 N–H and O–H groups in total. The molecule has 3 rings (SSSR count). The van der Waals surface area contributed by atoms with Crippen LogP contribution in [0, 0.1) is 12.3 Å². The number of carbonyl (C=O) groups is 1. The number of hydrogen-bond donors (Lipinski definition) is 0. The first-order chi connectivity index (χ1) is 12.9. The van der Waals surface area contributed by atoms with Crippen molar-refractivity contribution in [2.24, 2.45) is 5.41 Å². The van der Waals surface area contributed by atoms with E-state index in [0.29, 0.717) is 5.92 Å². The minimum atomic E-state index is -1.93. The smallest absolute Gasteiger partial charge is 0.192 e. The molecule has 3 nitrogen and oxygen atoms in total. The van der Waals surface area contributed by atoms with Crippen LogP contribution in [0.3, 0.4) is 0 Å². The largest absolute Gasteiger partial charge is 0.410 e. The first kappa shape index (κ1) is 21.7. The van der Waals surface area contributed by atoms with Gasteiger partial charge in [0, 0.05) is 22.7 Å². The van der Waals surface area contributed by atoms with Crippen molar-refractivity contribution in [2.45, 2.75) is 110 Å². The molecule has 1 aromatic rings. The molecule has 0 aliphatic heterocycles. The van der Waals surface area contributed by atoms with Gasteiger partial charge in [-0.2, -0.15) is 0 Å². The second-order valence-electron chi connectivity index (χ2n) is 11.4. The summed E-state index contributed by atoms with van der Waals surface area (Å²) in [5, 5.41) is 0.160. The average molecular weight is 402 g/mol. The Hall–Kier alpha value is -1.00. The summed E-state index contributed by atoms with van der Waals surface area (Å²) in [7, 11) is -1.93. The van der Waals surface area contributed by atoms with E-state index in [1.54, 1.807) is 0 Å². The maximum atomic E-state index is 12.1. The lowest BCUT2D eigenvalue weighted by Gasteiger charge is -2.44. The Labute approximate surface area is 172 Å². The summed E-state index contributed by atoms with van der Waals surface area (Å²) in [5.41, 5.74) is 5.59. The standard InChI is InChI=1S/C24H39NO2Si/c1-16-18(15-26)22(17-11-9-10-12-17)25-19-13-24(5,6)14-20(21(16)19)27-28(7,8)23(2,3)4/h15,17,20H,9-14H2,1-8H3/t20-/m0/s1. The predicted octanol–water partition coefficient (Wildman–Crippen LogP) is 6.90. The zero-order valence-corrected chi connectivity index (χ0v) is 20.2. The summed E-state index contributed by atoms with van der Waals surface area (Å²) in [4.78, 5) is 17.3. The second-order valence-corrected chi connectivity index (χ2v) is 16.2. The molecule has 2 aliphatic rings. The first-order valence-corrected chi connectivity index (χ1v) is 13.9. The Morgan fingerprint density at radius 1 is 1.18 bits per heavy atom. The molecule has 4 heteroatoms. The molecule has 0 bridgehead atoms. The lowest BCUT2D eigenvalue weighted by molar-refractivity contribution is 0.105. The Morgan fingerprint density at radius 2 is 1.79 bits per heavy atom. The van der Waals surface area contributed by atoms with Gasteiger partial charge in [0.15, 0.2) is 14.6 Å². The van der Waals surface area contributed by atoms with Crippen LogP contribution in [0.25, 0.3) is 0 Å². The lowest BCUT2D eigenvalue weighted by Crippen LogP contribution is -2.44. The van der Waals surface area contributed by atoms with Gasteiger partial charge in [-0.1, -0.05) is 47.5 Å². The van der Waals surface area contributed by atoms with Crippen LogP contribution in [0.5, 0.6) is 0 Å². The molecular weight excluding hydrogens is 362 g/mol. The maximum Gasteiger partial charge on any atom is 0.192 e. The van der Waals surface area contributed by atoms with E-state index in [0.717, 1.165) is 35.9 Å². The molecule has 1 saturated carbocycles. The van der Waals surface area contributed by atoms with Crippen molar-refractivity contribution in [2.75, 3.05) is 0 Å². The third-order valence-electron chi connectivity index (χ3n) is 7.46. The van der Waals surface area contributed by atoms with E-state index in [2.05, 4.69) is 54.6 Å². The van der Waals surface area contributed by atoms with Gasteiger partial charge in [-0.25, -0.2) is 0 Å². The molecule has 0 aromatic carbocycles. The summed E-state index contributed by atoms with van der Waals surface area (Å²) >= 11 is 0. The van der Waals surface area contributed by atoms with Crippen LogP contribution in [-0.4, -0.2) is 19.6 Å². The van der Waals surface area contributed by atoms with Gasteiger partial charge in [0.2, 0.25) is 0 Å². The number of fused-ring (bicyclic) bond motifs is 1. The zero-order valence-electron chi connectivity index (χ0n) is 19.2. The summed E-state index contributed by atoms with van der Waals surface area (Å²) in [6, 6.07) is 0. The van der Waals surface area contributed by atoms with Crippen molar-refractivity contribution in [3.63, 3.8) is 0 Å². The molecule has 0 spiro atoms. The Balaban J connectivity index is 2.11. The van der Waals surface area contributed by atoms with Gasteiger partial charge in [0.25, 0.3) is 0 Å². The lowest BCUT2D eigenvalue weighted by atomic mass is 9.73. The number of nitrogens with zero attached hydrogens (tertiary/aromatic N) is 1. The third kappa shape index (κ3) is 4.00. The van der Waals surface area contributed by atoms with Crippen LogP contribution in [0.2, 0.25) is 18.1 Å². The fraction of sp³-hybridized carbons (Fsp3) is 0.750. The van der Waals surface area contributed by atoms with E-state index in [9.17, 15) is 4.79 Å². The van der Waals surface area contributed by atoms with Gasteiger partial charge in [0.1, 0.15) is 0 Å². The van der Waals surface area contributed by atoms with Crippen LogP contribution < -0.4 is 0 Å². The fourth-order valence-corrected chi connectivity index (χ4v) is 6.07. The number of pyridine rings is 1. The van der Waals surface area contributed by atoms with Gasteiger partial charge >= 0.3 is 0 Å². The molecule has 28 heavy (non-hydrogen) atoms. The first-order valence-electron chi connectivity index (χ1n) is 11.0. The van der Waals surface area contributed by atoms with Gasteiger partial charge < -0.3 is 4.43 Å². The Bertz CT molecular complexity index is 755. The van der Waals surface area contributed by atoms with Gasteiger partial charge in [-0.3, -0.25) is 9.78 Å². The zero-order chi connectivity index (χ0) is 20.9. The molecule has 1 aromatic heterocycles. The molecule has 1 atom stereocenters. The molecule has 2 aliphatic carbocycles. The van der Waals surface area contributed by atoms with Crippen molar-refractivity contribution >= 4 is 14.6 Å². The maximum absolute atomic E-state index is 12.1. The van der Waals surface area contributed by atoms with Crippen LogP contribution in [0.15, 0.2) is 0 Å². The highest BCUT2D eigenvalue weighted by Gasteiger charge is 2.44. The molecule has 1 heterocycles. The van der Waals surface area contributed by atoms with E-state index in [1.807, 2.05) is 0 Å². The molecule has 0 unspecified atom stereocenters. The van der Waals surface area contributed by atoms with Crippen molar-refractivity contribution < 1.29 is 9.22 Å². The summed E-state index contributed by atoms with van der Waals surface area (Å²) in [5.74, 6) is 0.453. The van der Waals surface area contributed by atoms with E-state index in [1.165, 1.54) is 36.9 Å². The molecular formula is C24H39NO2Si. The van der Waals surface area contributed by atoms with Gasteiger partial charge in [-0.05, 0) is 61.7 Å². The minimum Gasteiger partial charge on any atom is -0.410 e. The van der Waals surface area contributed by atoms with Gasteiger partial charge in [-0.15, -0.1) is 0 Å². The third-order valence-corrected chi connectivity index (χ3v) is 11.9. The summed E-state index contributed by atoms with van der Waals surface area (Å²) in [6.07, 6.45) is 7.91. The topological polar surface area (TPSA) is 39.2 Å². The number of rotatable bonds is 4. The summed E-state index contributed by atoms with van der Waals surface area (Å²) < 4.78 is 6.93. The monoisotopic (exact) mass is 401 g/mol. The quantitative estimate of drug-likeness (QED) is 0.407. The molecule has 156 valence electrons. The highest BCUT2D eigenvalue weighted by molar-refractivity contribution is 6.74. The normalized spacial score (nSPS) is 22.9. The molecule has 0 saturated heterocycles. The summed E-state index contributed by atoms with van der Waals surface area (Å²) in [6.45, 7) is 18.3. The van der Waals surface area contributed by atoms with Crippen molar-refractivity contribution in [1.29, 1.82) is 0 Å². The number of aromatic nitrogens is 1. The van der Waals surface area contributed by atoms with E-state index < -0.39 is 8.32 Å². The fourth-order valence-electron chi connectivity index (χ4n) is 4.80. The van der Waals surface area contributed by atoms with E-state index in [-0.39, 0.29) is 16.6 Å².